The molecule has 0 aromatic heterocycles. The molecule has 130 valence electrons. The minimum Gasteiger partial charge on any atom is -0.300 e. The Morgan fingerprint density at radius 3 is 2.40 bits per heavy atom. The SMILES string of the molecule is CN1C2CCC1[C@@H](CCC(=O)c1ccccc1)[C@@H](c1ccccc1)C2. The molecule has 2 fully saturated rings. The Bertz CT molecular complexity index is 711. The summed E-state index contributed by atoms with van der Waals surface area (Å²) in [6, 6.07) is 22.1. The average molecular weight is 333 g/mol. The number of nitrogens with zero attached hydrogens (tertiary/aromatic N) is 1. The molecule has 0 saturated carbocycles. The smallest absolute Gasteiger partial charge is 0.162 e. The molecular weight excluding hydrogens is 306 g/mol. The van der Waals surface area contributed by atoms with Crippen molar-refractivity contribution in [3.63, 3.8) is 0 Å². The molecular formula is C23H27NO. The van der Waals surface area contributed by atoms with Crippen LogP contribution in [0.2, 0.25) is 0 Å². The van der Waals surface area contributed by atoms with Gasteiger partial charge in [-0.05, 0) is 50.1 Å². The van der Waals surface area contributed by atoms with Gasteiger partial charge in [-0.1, -0.05) is 60.7 Å². The lowest BCUT2D eigenvalue weighted by atomic mass is 9.73. The molecule has 2 saturated heterocycles. The normalized spacial score (nSPS) is 28.8. The van der Waals surface area contributed by atoms with Gasteiger partial charge in [-0.3, -0.25) is 4.79 Å². The number of benzene rings is 2. The quantitative estimate of drug-likeness (QED) is 0.724. The van der Waals surface area contributed by atoms with Crippen molar-refractivity contribution in [3.05, 3.63) is 71.8 Å². The highest BCUT2D eigenvalue weighted by atomic mass is 16.1. The topological polar surface area (TPSA) is 20.3 Å². The molecule has 0 spiro atoms. The average Bonchev–Trinajstić information content (AvgIpc) is 2.91. The van der Waals surface area contributed by atoms with Crippen LogP contribution in [0.4, 0.5) is 0 Å². The van der Waals surface area contributed by atoms with Gasteiger partial charge in [-0.2, -0.15) is 0 Å². The van der Waals surface area contributed by atoms with E-state index < -0.39 is 0 Å². The van der Waals surface area contributed by atoms with E-state index in [1.54, 1.807) is 0 Å². The maximum absolute atomic E-state index is 12.6. The molecule has 2 aliphatic heterocycles. The van der Waals surface area contributed by atoms with E-state index in [4.69, 9.17) is 0 Å². The Balaban J connectivity index is 1.52. The summed E-state index contributed by atoms with van der Waals surface area (Å²) < 4.78 is 0. The third-order valence-corrected chi connectivity index (χ3v) is 6.46. The molecule has 25 heavy (non-hydrogen) atoms. The lowest BCUT2D eigenvalue weighted by molar-refractivity contribution is 0.0837. The van der Waals surface area contributed by atoms with E-state index in [2.05, 4.69) is 42.3 Å². The van der Waals surface area contributed by atoms with Crippen LogP contribution in [0, 0.1) is 5.92 Å². The van der Waals surface area contributed by atoms with Gasteiger partial charge < -0.3 is 4.90 Å². The standard InChI is InChI=1S/C23H27NO/c1-24-19-12-14-22(24)20(21(16-19)17-8-4-2-5-9-17)13-15-23(25)18-10-6-3-7-11-18/h2-11,19-22H,12-16H2,1H3/t19?,20-,21+,22?/m0/s1. The lowest BCUT2D eigenvalue weighted by Gasteiger charge is -2.43. The van der Waals surface area contributed by atoms with E-state index in [-0.39, 0.29) is 5.78 Å². The van der Waals surface area contributed by atoms with Crippen molar-refractivity contribution in [1.29, 1.82) is 0 Å². The van der Waals surface area contributed by atoms with Crippen molar-refractivity contribution in [2.75, 3.05) is 7.05 Å². The Labute approximate surface area is 150 Å². The first-order valence-electron chi connectivity index (χ1n) is 9.59. The third-order valence-electron chi connectivity index (χ3n) is 6.46. The molecule has 2 unspecified atom stereocenters. The fourth-order valence-electron chi connectivity index (χ4n) is 5.12. The molecule has 2 aromatic carbocycles. The fraction of sp³-hybridized carbons (Fsp3) is 0.435. The lowest BCUT2D eigenvalue weighted by Crippen LogP contribution is -2.45. The van der Waals surface area contributed by atoms with Gasteiger partial charge in [0.25, 0.3) is 0 Å². The van der Waals surface area contributed by atoms with Gasteiger partial charge in [0.1, 0.15) is 0 Å². The van der Waals surface area contributed by atoms with E-state index >= 15 is 0 Å². The van der Waals surface area contributed by atoms with Crippen molar-refractivity contribution in [3.8, 4) is 0 Å². The van der Waals surface area contributed by atoms with E-state index in [1.165, 1.54) is 24.8 Å². The van der Waals surface area contributed by atoms with E-state index in [9.17, 15) is 4.79 Å². The molecule has 0 aliphatic carbocycles. The van der Waals surface area contributed by atoms with E-state index in [0.29, 0.717) is 24.3 Å². The monoisotopic (exact) mass is 333 g/mol. The Morgan fingerprint density at radius 2 is 1.68 bits per heavy atom. The van der Waals surface area contributed by atoms with Crippen LogP contribution in [0.25, 0.3) is 0 Å². The number of hydrogen-bond acceptors (Lipinski definition) is 2. The van der Waals surface area contributed by atoms with Crippen LogP contribution in [0.3, 0.4) is 0 Å². The zero-order chi connectivity index (χ0) is 17.2. The number of ketones is 1. The van der Waals surface area contributed by atoms with Crippen molar-refractivity contribution >= 4 is 5.78 Å². The van der Waals surface area contributed by atoms with Crippen LogP contribution in [-0.4, -0.2) is 29.8 Å². The minimum atomic E-state index is 0.287. The summed E-state index contributed by atoms with van der Waals surface area (Å²) in [5.41, 5.74) is 2.32. The number of rotatable bonds is 5. The highest BCUT2D eigenvalue weighted by molar-refractivity contribution is 5.95. The molecule has 2 heteroatoms. The van der Waals surface area contributed by atoms with Crippen LogP contribution in [0.1, 0.15) is 53.9 Å². The van der Waals surface area contributed by atoms with E-state index in [0.717, 1.165) is 18.0 Å². The van der Waals surface area contributed by atoms with Gasteiger partial charge in [0, 0.05) is 24.1 Å². The van der Waals surface area contributed by atoms with Crippen molar-refractivity contribution < 1.29 is 4.79 Å². The maximum Gasteiger partial charge on any atom is 0.162 e. The van der Waals surface area contributed by atoms with Gasteiger partial charge >= 0.3 is 0 Å². The minimum absolute atomic E-state index is 0.287. The predicted octanol–water partition coefficient (Wildman–Crippen LogP) is 4.92. The van der Waals surface area contributed by atoms with Crippen LogP contribution in [0.5, 0.6) is 0 Å². The summed E-state index contributed by atoms with van der Waals surface area (Å²) in [6.07, 6.45) is 5.49. The summed E-state index contributed by atoms with van der Waals surface area (Å²) >= 11 is 0. The molecule has 2 aliphatic rings. The second-order valence-corrected chi connectivity index (χ2v) is 7.71. The molecule has 0 radical (unpaired) electrons. The molecule has 4 rings (SSSR count). The second kappa shape index (κ2) is 7.13. The zero-order valence-corrected chi connectivity index (χ0v) is 15.0. The van der Waals surface area contributed by atoms with Crippen molar-refractivity contribution in [2.45, 2.75) is 50.1 Å². The number of carbonyl (C=O) groups excluding carboxylic acids is 1. The molecule has 0 N–H and O–H groups in total. The number of Topliss-reactive ketones (excluding diaryl/α,β-unsaturated/α-hetero) is 1. The number of carbonyl (C=O) groups is 1. The van der Waals surface area contributed by atoms with Crippen LogP contribution >= 0.6 is 0 Å². The highest BCUT2D eigenvalue weighted by Crippen LogP contribution is 2.47. The summed E-state index contributed by atoms with van der Waals surface area (Å²) in [7, 11) is 2.29. The number of hydrogen-bond donors (Lipinski definition) is 0. The maximum atomic E-state index is 12.6. The summed E-state index contributed by atoms with van der Waals surface area (Å²) in [5, 5.41) is 0. The van der Waals surface area contributed by atoms with Crippen LogP contribution in [0.15, 0.2) is 60.7 Å². The zero-order valence-electron chi connectivity index (χ0n) is 15.0. The predicted molar refractivity (Wildman–Crippen MR) is 102 cm³/mol. The van der Waals surface area contributed by atoms with Gasteiger partial charge in [-0.15, -0.1) is 0 Å². The Morgan fingerprint density at radius 1 is 1.00 bits per heavy atom. The molecule has 2 heterocycles. The van der Waals surface area contributed by atoms with Gasteiger partial charge in [0.2, 0.25) is 0 Å². The molecule has 2 nitrogen and oxygen atoms in total. The van der Waals surface area contributed by atoms with E-state index in [1.807, 2.05) is 30.3 Å². The highest BCUT2D eigenvalue weighted by Gasteiger charge is 2.45. The fourth-order valence-corrected chi connectivity index (χ4v) is 5.12. The van der Waals surface area contributed by atoms with Gasteiger partial charge in [0.15, 0.2) is 5.78 Å². The first-order valence-corrected chi connectivity index (χ1v) is 9.59. The largest absolute Gasteiger partial charge is 0.300 e. The van der Waals surface area contributed by atoms with Crippen LogP contribution in [-0.2, 0) is 0 Å². The molecule has 4 atom stereocenters. The van der Waals surface area contributed by atoms with Gasteiger partial charge in [0.05, 0.1) is 0 Å². The first kappa shape index (κ1) is 16.5. The second-order valence-electron chi connectivity index (χ2n) is 7.71. The van der Waals surface area contributed by atoms with Gasteiger partial charge in [-0.25, -0.2) is 0 Å². The number of piperidine rings is 1. The Hall–Kier alpha value is -1.93. The van der Waals surface area contributed by atoms with Crippen molar-refractivity contribution in [1.82, 2.24) is 4.90 Å². The van der Waals surface area contributed by atoms with Crippen molar-refractivity contribution in [2.24, 2.45) is 5.92 Å². The summed E-state index contributed by atoms with van der Waals surface area (Å²) in [6.45, 7) is 0. The third kappa shape index (κ3) is 3.28. The molecule has 2 aromatic rings. The molecule has 0 amide bonds. The number of fused-ring (bicyclic) bond motifs is 2. The Kier molecular flexibility index (Phi) is 4.72. The summed E-state index contributed by atoms with van der Waals surface area (Å²) in [5.74, 6) is 1.47. The first-order chi connectivity index (χ1) is 12.2. The van der Waals surface area contributed by atoms with Crippen LogP contribution < -0.4 is 0 Å². The molecule has 2 bridgehead atoms. The summed E-state index contributed by atoms with van der Waals surface area (Å²) in [4.78, 5) is 15.2.